The molecule has 0 saturated heterocycles. The lowest BCUT2D eigenvalue weighted by molar-refractivity contribution is -0.145. The molecule has 3 aliphatic rings. The summed E-state index contributed by atoms with van der Waals surface area (Å²) >= 11 is 0. The lowest BCUT2D eigenvalue weighted by atomic mass is 9.99. The van der Waals surface area contributed by atoms with Crippen LogP contribution in [0.4, 0.5) is 0 Å². The number of rotatable bonds is 3. The van der Waals surface area contributed by atoms with Crippen LogP contribution in [0.15, 0.2) is 23.3 Å². The van der Waals surface area contributed by atoms with Gasteiger partial charge in [0.05, 0.1) is 5.71 Å². The number of aryl methyl sites for hydroxylation is 2. The molecule has 0 radical (unpaired) electrons. The molecule has 1 heterocycles. The first kappa shape index (κ1) is 12.6. The molecule has 1 N–H and O–H groups in total. The maximum atomic E-state index is 12.0. The quantitative estimate of drug-likeness (QED) is 0.913. The fraction of sp³-hybridized carbons (Fsp3) is 0.438. The molecular weight excluding hydrogens is 268 g/mol. The van der Waals surface area contributed by atoms with E-state index in [4.69, 9.17) is 5.11 Å². The van der Waals surface area contributed by atoms with Crippen molar-refractivity contribution in [1.29, 1.82) is 0 Å². The van der Waals surface area contributed by atoms with Gasteiger partial charge in [-0.25, -0.2) is 5.01 Å². The Hall–Kier alpha value is -2.17. The van der Waals surface area contributed by atoms with Gasteiger partial charge >= 0.3 is 5.97 Å². The van der Waals surface area contributed by atoms with E-state index in [9.17, 15) is 9.59 Å². The molecule has 5 heteroatoms. The van der Waals surface area contributed by atoms with Crippen molar-refractivity contribution < 1.29 is 14.7 Å². The number of hydrazone groups is 1. The van der Waals surface area contributed by atoms with Crippen molar-refractivity contribution in [3.05, 3.63) is 34.9 Å². The van der Waals surface area contributed by atoms with Gasteiger partial charge in [-0.2, -0.15) is 5.10 Å². The third-order valence-electron chi connectivity index (χ3n) is 4.62. The summed E-state index contributed by atoms with van der Waals surface area (Å²) in [6.07, 6.45) is 4.23. The first-order valence-electron chi connectivity index (χ1n) is 7.37. The van der Waals surface area contributed by atoms with Crippen LogP contribution in [0.2, 0.25) is 0 Å². The fourth-order valence-electron chi connectivity index (χ4n) is 3.46. The Morgan fingerprint density at radius 1 is 1.29 bits per heavy atom. The molecule has 1 amide bonds. The van der Waals surface area contributed by atoms with Crippen molar-refractivity contribution in [1.82, 2.24) is 5.01 Å². The Balaban J connectivity index is 1.70. The van der Waals surface area contributed by atoms with Crippen LogP contribution in [0.1, 0.15) is 29.5 Å². The summed E-state index contributed by atoms with van der Waals surface area (Å²) in [5, 5.41) is 14.4. The zero-order valence-corrected chi connectivity index (χ0v) is 11.6. The number of carbonyl (C=O) groups excluding carboxylic acids is 1. The van der Waals surface area contributed by atoms with Crippen molar-refractivity contribution in [2.24, 2.45) is 16.9 Å². The molecule has 0 aromatic heterocycles. The second-order valence-electron chi connectivity index (χ2n) is 6.06. The van der Waals surface area contributed by atoms with E-state index in [1.54, 1.807) is 0 Å². The summed E-state index contributed by atoms with van der Waals surface area (Å²) in [7, 11) is 0. The van der Waals surface area contributed by atoms with Crippen LogP contribution in [-0.2, 0) is 22.4 Å². The normalized spacial score (nSPS) is 26.2. The van der Waals surface area contributed by atoms with E-state index in [2.05, 4.69) is 23.3 Å². The number of fused-ring (bicyclic) bond motifs is 2. The lowest BCUT2D eigenvalue weighted by Gasteiger charge is -2.22. The number of carbonyl (C=O) groups is 2. The van der Waals surface area contributed by atoms with E-state index in [0.717, 1.165) is 35.5 Å². The molecule has 2 unspecified atom stereocenters. The van der Waals surface area contributed by atoms with E-state index in [-0.39, 0.29) is 24.3 Å². The van der Waals surface area contributed by atoms with Crippen LogP contribution in [0.5, 0.6) is 0 Å². The zero-order chi connectivity index (χ0) is 14.6. The molecule has 2 aliphatic carbocycles. The number of aliphatic carboxylic acids is 1. The summed E-state index contributed by atoms with van der Waals surface area (Å²) in [4.78, 5) is 22.9. The van der Waals surface area contributed by atoms with Crippen molar-refractivity contribution >= 4 is 17.6 Å². The predicted octanol–water partition coefficient (Wildman–Crippen LogP) is 1.44. The Bertz CT molecular complexity index is 680. The van der Waals surface area contributed by atoms with Crippen LogP contribution < -0.4 is 0 Å². The second-order valence-corrected chi connectivity index (χ2v) is 6.06. The highest BCUT2D eigenvalue weighted by Gasteiger charge is 2.52. The maximum Gasteiger partial charge on any atom is 0.325 e. The Kier molecular flexibility index (Phi) is 2.64. The van der Waals surface area contributed by atoms with Gasteiger partial charge in [0, 0.05) is 11.8 Å². The van der Waals surface area contributed by atoms with Crippen molar-refractivity contribution in [3.63, 3.8) is 0 Å². The van der Waals surface area contributed by atoms with Gasteiger partial charge in [0.1, 0.15) is 6.54 Å². The van der Waals surface area contributed by atoms with Crippen LogP contribution in [-0.4, -0.2) is 34.2 Å². The Morgan fingerprint density at radius 2 is 2.10 bits per heavy atom. The topological polar surface area (TPSA) is 70.0 Å². The van der Waals surface area contributed by atoms with E-state index < -0.39 is 5.97 Å². The van der Waals surface area contributed by atoms with Crippen LogP contribution in [0.3, 0.4) is 0 Å². The molecule has 1 fully saturated rings. The molecule has 108 valence electrons. The number of hydrogen-bond acceptors (Lipinski definition) is 3. The minimum absolute atomic E-state index is 0.0647. The van der Waals surface area contributed by atoms with Crippen LogP contribution in [0, 0.1) is 11.8 Å². The summed E-state index contributed by atoms with van der Waals surface area (Å²) in [6.45, 7) is -0.351. The number of carboxylic acids is 1. The number of hydrogen-bond donors (Lipinski definition) is 1. The molecule has 1 aliphatic heterocycles. The molecular formula is C16H16N2O3. The van der Waals surface area contributed by atoms with Gasteiger partial charge in [-0.3, -0.25) is 9.59 Å². The van der Waals surface area contributed by atoms with Crippen molar-refractivity contribution in [3.8, 4) is 0 Å². The summed E-state index contributed by atoms with van der Waals surface area (Å²) in [5.74, 6) is -1.06. The minimum atomic E-state index is -1.03. The van der Waals surface area contributed by atoms with Crippen LogP contribution >= 0.6 is 0 Å². The lowest BCUT2D eigenvalue weighted by Crippen LogP contribution is -2.37. The van der Waals surface area contributed by atoms with E-state index in [1.165, 1.54) is 17.5 Å². The predicted molar refractivity (Wildman–Crippen MR) is 75.9 cm³/mol. The molecule has 1 aromatic carbocycles. The molecule has 0 spiro atoms. The van der Waals surface area contributed by atoms with Crippen molar-refractivity contribution in [2.45, 2.75) is 25.7 Å². The summed E-state index contributed by atoms with van der Waals surface area (Å²) in [5.41, 5.74) is 4.71. The average Bonchev–Trinajstić information content (AvgIpc) is 3.11. The zero-order valence-electron chi connectivity index (χ0n) is 11.6. The fourth-order valence-corrected chi connectivity index (χ4v) is 3.46. The van der Waals surface area contributed by atoms with Gasteiger partial charge in [-0.15, -0.1) is 0 Å². The van der Waals surface area contributed by atoms with E-state index in [1.807, 2.05) is 0 Å². The highest BCUT2D eigenvalue weighted by molar-refractivity contribution is 6.10. The van der Waals surface area contributed by atoms with Gasteiger partial charge in [0.2, 0.25) is 5.91 Å². The van der Waals surface area contributed by atoms with Gasteiger partial charge in [0.15, 0.2) is 0 Å². The monoisotopic (exact) mass is 284 g/mol. The number of carboxylic acid groups (broad SMARTS) is 1. The minimum Gasteiger partial charge on any atom is -0.480 e. The summed E-state index contributed by atoms with van der Waals surface area (Å²) < 4.78 is 0. The molecule has 5 nitrogen and oxygen atoms in total. The van der Waals surface area contributed by atoms with Gasteiger partial charge in [-0.05, 0) is 48.4 Å². The molecule has 1 aromatic rings. The number of nitrogens with zero attached hydrogens (tertiary/aromatic N) is 2. The first-order chi connectivity index (χ1) is 10.1. The largest absolute Gasteiger partial charge is 0.480 e. The molecule has 1 saturated carbocycles. The standard InChI is InChI=1S/C16H16N2O3/c19-14(20)8-18-16(21)13-7-12(13)15(17-18)11-5-4-9-2-1-3-10(9)6-11/h4-6,12-13H,1-3,7-8H2,(H,19,20). The second kappa shape index (κ2) is 4.41. The van der Waals surface area contributed by atoms with Gasteiger partial charge in [-0.1, -0.05) is 12.1 Å². The van der Waals surface area contributed by atoms with Gasteiger partial charge < -0.3 is 5.11 Å². The maximum absolute atomic E-state index is 12.0. The number of benzene rings is 1. The molecule has 0 bridgehead atoms. The molecule has 2 atom stereocenters. The Morgan fingerprint density at radius 3 is 2.90 bits per heavy atom. The average molecular weight is 284 g/mol. The summed E-state index contributed by atoms with van der Waals surface area (Å²) in [6, 6.07) is 6.38. The third-order valence-corrected chi connectivity index (χ3v) is 4.62. The highest BCUT2D eigenvalue weighted by Crippen LogP contribution is 2.46. The third kappa shape index (κ3) is 2.04. The highest BCUT2D eigenvalue weighted by atomic mass is 16.4. The van der Waals surface area contributed by atoms with E-state index >= 15 is 0 Å². The van der Waals surface area contributed by atoms with Crippen molar-refractivity contribution in [2.75, 3.05) is 6.54 Å². The number of amides is 1. The van der Waals surface area contributed by atoms with Gasteiger partial charge in [0.25, 0.3) is 0 Å². The smallest absolute Gasteiger partial charge is 0.325 e. The van der Waals surface area contributed by atoms with E-state index in [0.29, 0.717) is 0 Å². The molecule has 4 rings (SSSR count). The SMILES string of the molecule is O=C(O)CN1N=C(c2ccc3c(c2)CCC3)C2CC2C1=O. The van der Waals surface area contributed by atoms with Crippen LogP contribution in [0.25, 0.3) is 0 Å². The first-order valence-corrected chi connectivity index (χ1v) is 7.37. The Labute approximate surface area is 122 Å². The molecule has 21 heavy (non-hydrogen) atoms.